The van der Waals surface area contributed by atoms with E-state index < -0.39 is 0 Å². The molecule has 0 saturated heterocycles. The highest BCUT2D eigenvalue weighted by molar-refractivity contribution is 5.98. The molecule has 1 N–H and O–H groups in total. The predicted octanol–water partition coefficient (Wildman–Crippen LogP) is 2.62. The smallest absolute Gasteiger partial charge is 0.204 e. The molecule has 0 atom stereocenters. The van der Waals surface area contributed by atoms with E-state index in [1.54, 1.807) is 0 Å². The molecule has 0 bridgehead atoms. The third-order valence-electron chi connectivity index (χ3n) is 3.62. The van der Waals surface area contributed by atoms with Crippen LogP contribution in [-0.4, -0.2) is 31.5 Å². The SMILES string of the molecule is O=Cc1cn(-c2ccc(-c3nn[nH]n3)cc2)c2ccccc12. The third-order valence-corrected chi connectivity index (χ3v) is 3.62. The highest BCUT2D eigenvalue weighted by atomic mass is 16.1. The molecule has 4 rings (SSSR count). The fourth-order valence-corrected chi connectivity index (χ4v) is 2.57. The molecule has 6 nitrogen and oxygen atoms in total. The van der Waals surface area contributed by atoms with Crippen LogP contribution in [0, 0.1) is 0 Å². The molecule has 0 aliphatic rings. The van der Waals surface area contributed by atoms with Crippen LogP contribution in [0.2, 0.25) is 0 Å². The summed E-state index contributed by atoms with van der Waals surface area (Å²) in [6.07, 6.45) is 2.73. The Morgan fingerprint density at radius 2 is 1.86 bits per heavy atom. The second kappa shape index (κ2) is 4.92. The number of nitrogens with one attached hydrogen (secondary N) is 1. The number of H-pyrrole nitrogens is 1. The van der Waals surface area contributed by atoms with E-state index in [9.17, 15) is 4.79 Å². The molecule has 0 aliphatic heterocycles. The second-order valence-electron chi connectivity index (χ2n) is 4.87. The van der Waals surface area contributed by atoms with Crippen molar-refractivity contribution in [2.24, 2.45) is 0 Å². The van der Waals surface area contributed by atoms with Crippen LogP contribution >= 0.6 is 0 Å². The van der Waals surface area contributed by atoms with Crippen LogP contribution in [0.1, 0.15) is 10.4 Å². The summed E-state index contributed by atoms with van der Waals surface area (Å²) >= 11 is 0. The molecule has 0 spiro atoms. The minimum Gasteiger partial charge on any atom is -0.316 e. The van der Waals surface area contributed by atoms with E-state index in [2.05, 4.69) is 20.6 Å². The van der Waals surface area contributed by atoms with Gasteiger partial charge in [0.2, 0.25) is 5.82 Å². The van der Waals surface area contributed by atoms with E-state index in [0.717, 1.165) is 28.4 Å². The van der Waals surface area contributed by atoms with Crippen molar-refractivity contribution in [3.05, 3.63) is 60.3 Å². The third kappa shape index (κ3) is 1.89. The van der Waals surface area contributed by atoms with E-state index in [1.807, 2.05) is 59.3 Å². The number of tetrazole rings is 1. The zero-order valence-corrected chi connectivity index (χ0v) is 11.5. The number of carbonyl (C=O) groups excluding carboxylic acids is 1. The molecule has 0 unspecified atom stereocenters. The van der Waals surface area contributed by atoms with Crippen molar-refractivity contribution < 1.29 is 4.79 Å². The van der Waals surface area contributed by atoms with E-state index >= 15 is 0 Å². The molecule has 0 radical (unpaired) electrons. The molecule has 22 heavy (non-hydrogen) atoms. The van der Waals surface area contributed by atoms with Crippen LogP contribution in [-0.2, 0) is 0 Å². The fourth-order valence-electron chi connectivity index (χ4n) is 2.57. The number of rotatable bonds is 3. The van der Waals surface area contributed by atoms with Gasteiger partial charge in [0.05, 0.1) is 5.52 Å². The highest BCUT2D eigenvalue weighted by Crippen LogP contribution is 2.25. The van der Waals surface area contributed by atoms with Crippen molar-refractivity contribution in [1.29, 1.82) is 0 Å². The molecular weight excluding hydrogens is 278 g/mol. The van der Waals surface area contributed by atoms with Gasteiger partial charge in [0.25, 0.3) is 0 Å². The molecule has 2 aromatic heterocycles. The molecule has 2 aromatic carbocycles. The van der Waals surface area contributed by atoms with Crippen molar-refractivity contribution in [2.75, 3.05) is 0 Å². The summed E-state index contributed by atoms with van der Waals surface area (Å²) in [6, 6.07) is 15.6. The van der Waals surface area contributed by atoms with Gasteiger partial charge < -0.3 is 4.57 Å². The molecule has 0 saturated carbocycles. The number of aromatic amines is 1. The summed E-state index contributed by atoms with van der Waals surface area (Å²) in [6.45, 7) is 0. The summed E-state index contributed by atoms with van der Waals surface area (Å²) in [4.78, 5) is 11.2. The summed E-state index contributed by atoms with van der Waals surface area (Å²) in [7, 11) is 0. The van der Waals surface area contributed by atoms with Crippen LogP contribution < -0.4 is 0 Å². The maximum absolute atomic E-state index is 11.2. The monoisotopic (exact) mass is 289 g/mol. The Morgan fingerprint density at radius 3 is 2.59 bits per heavy atom. The van der Waals surface area contributed by atoms with Gasteiger partial charge in [-0.1, -0.05) is 18.2 Å². The van der Waals surface area contributed by atoms with Crippen molar-refractivity contribution in [2.45, 2.75) is 0 Å². The lowest BCUT2D eigenvalue weighted by Gasteiger charge is -2.05. The fraction of sp³-hybridized carbons (Fsp3) is 0. The molecule has 2 heterocycles. The Morgan fingerprint density at radius 1 is 1.05 bits per heavy atom. The molecular formula is C16H11N5O. The van der Waals surface area contributed by atoms with Gasteiger partial charge in [-0.25, -0.2) is 0 Å². The van der Waals surface area contributed by atoms with Crippen LogP contribution in [0.5, 0.6) is 0 Å². The quantitative estimate of drug-likeness (QED) is 0.588. The summed E-state index contributed by atoms with van der Waals surface area (Å²) in [5, 5.41) is 14.8. The minimum atomic E-state index is 0.553. The Kier molecular flexibility index (Phi) is 2.79. The Balaban J connectivity index is 1.84. The van der Waals surface area contributed by atoms with Gasteiger partial charge in [-0.05, 0) is 35.5 Å². The topological polar surface area (TPSA) is 76.5 Å². The molecule has 0 aliphatic carbocycles. The van der Waals surface area contributed by atoms with Gasteiger partial charge in [0.1, 0.15) is 0 Å². The summed E-state index contributed by atoms with van der Waals surface area (Å²) < 4.78 is 2.00. The Hall–Kier alpha value is -3.28. The Labute approximate surface area is 125 Å². The Bertz CT molecular complexity index is 939. The lowest BCUT2D eigenvalue weighted by molar-refractivity contribution is 0.112. The first-order valence-corrected chi connectivity index (χ1v) is 6.76. The van der Waals surface area contributed by atoms with Crippen LogP contribution in [0.4, 0.5) is 0 Å². The number of nitrogens with zero attached hydrogens (tertiary/aromatic N) is 4. The molecule has 6 heteroatoms. The number of hydrogen-bond donors (Lipinski definition) is 1. The number of aromatic nitrogens is 5. The average Bonchev–Trinajstić information content (AvgIpc) is 3.23. The zero-order valence-electron chi connectivity index (χ0n) is 11.5. The second-order valence-corrected chi connectivity index (χ2v) is 4.87. The lowest BCUT2D eigenvalue weighted by atomic mass is 10.2. The van der Waals surface area contributed by atoms with Gasteiger partial charge in [-0.3, -0.25) is 4.79 Å². The predicted molar refractivity (Wildman–Crippen MR) is 81.8 cm³/mol. The minimum absolute atomic E-state index is 0.553. The van der Waals surface area contributed by atoms with Crippen molar-refractivity contribution in [3.8, 4) is 17.1 Å². The number of fused-ring (bicyclic) bond motifs is 1. The van der Waals surface area contributed by atoms with Crippen molar-refractivity contribution in [1.82, 2.24) is 25.2 Å². The van der Waals surface area contributed by atoms with Gasteiger partial charge in [0.15, 0.2) is 6.29 Å². The van der Waals surface area contributed by atoms with Crippen LogP contribution in [0.25, 0.3) is 28.0 Å². The lowest BCUT2D eigenvalue weighted by Crippen LogP contribution is -1.92. The summed E-state index contributed by atoms with van der Waals surface area (Å²) in [5.41, 5.74) is 3.52. The maximum Gasteiger partial charge on any atom is 0.204 e. The first-order chi connectivity index (χ1) is 10.9. The highest BCUT2D eigenvalue weighted by Gasteiger charge is 2.09. The van der Waals surface area contributed by atoms with E-state index in [1.165, 1.54) is 0 Å². The van der Waals surface area contributed by atoms with Gasteiger partial charge in [-0.2, -0.15) is 5.21 Å². The number of aldehydes is 1. The number of para-hydroxylation sites is 1. The average molecular weight is 289 g/mol. The molecule has 0 amide bonds. The molecule has 106 valence electrons. The summed E-state index contributed by atoms with van der Waals surface area (Å²) in [5.74, 6) is 0.553. The first-order valence-electron chi connectivity index (χ1n) is 6.76. The largest absolute Gasteiger partial charge is 0.316 e. The number of hydrogen-bond acceptors (Lipinski definition) is 4. The van der Waals surface area contributed by atoms with Gasteiger partial charge in [0, 0.05) is 28.4 Å². The molecule has 4 aromatic rings. The van der Waals surface area contributed by atoms with Crippen molar-refractivity contribution >= 4 is 17.2 Å². The first kappa shape index (κ1) is 12.5. The zero-order chi connectivity index (χ0) is 14.9. The van der Waals surface area contributed by atoms with Gasteiger partial charge >= 0.3 is 0 Å². The van der Waals surface area contributed by atoms with E-state index in [0.29, 0.717) is 11.4 Å². The maximum atomic E-state index is 11.2. The normalized spacial score (nSPS) is 10.9. The number of benzene rings is 2. The van der Waals surface area contributed by atoms with Crippen LogP contribution in [0.15, 0.2) is 54.7 Å². The van der Waals surface area contributed by atoms with Crippen LogP contribution in [0.3, 0.4) is 0 Å². The standard InChI is InChI=1S/C16H11N5O/c22-10-12-9-21(15-4-2-1-3-14(12)15)13-7-5-11(6-8-13)16-17-19-20-18-16/h1-10H,(H,17,18,19,20). The van der Waals surface area contributed by atoms with Gasteiger partial charge in [-0.15, -0.1) is 10.2 Å². The van der Waals surface area contributed by atoms with Crippen molar-refractivity contribution in [3.63, 3.8) is 0 Å². The van der Waals surface area contributed by atoms with E-state index in [-0.39, 0.29) is 0 Å². The molecule has 0 fully saturated rings. The van der Waals surface area contributed by atoms with E-state index in [4.69, 9.17) is 0 Å². The number of carbonyl (C=O) groups is 1.